The normalized spacial score (nSPS) is 13.4. The molecule has 3 aromatic carbocycles. The molecule has 0 unspecified atom stereocenters. The van der Waals surface area contributed by atoms with Gasteiger partial charge in [0.25, 0.3) is 11.8 Å². The van der Waals surface area contributed by atoms with Crippen molar-refractivity contribution in [2.24, 2.45) is 0 Å². The number of hydrogen-bond acceptors (Lipinski definition) is 5. The van der Waals surface area contributed by atoms with Gasteiger partial charge in [-0.1, -0.05) is 29.8 Å². The third-order valence-corrected chi connectivity index (χ3v) is 7.54. The number of benzene rings is 3. The molecule has 0 bridgehead atoms. The van der Waals surface area contributed by atoms with E-state index in [0.717, 1.165) is 9.87 Å². The van der Waals surface area contributed by atoms with Gasteiger partial charge in [0, 0.05) is 30.4 Å². The zero-order valence-electron chi connectivity index (χ0n) is 18.5. The predicted octanol–water partition coefficient (Wildman–Crippen LogP) is 3.77. The maximum atomic E-state index is 12.8. The summed E-state index contributed by atoms with van der Waals surface area (Å²) in [4.78, 5) is 27.0. The summed E-state index contributed by atoms with van der Waals surface area (Å²) in [7, 11) is -0.708. The summed E-state index contributed by atoms with van der Waals surface area (Å²) in [6.07, 6.45) is 0. The van der Waals surface area contributed by atoms with Gasteiger partial charge in [-0.25, -0.2) is 12.7 Å². The number of amides is 2. The van der Waals surface area contributed by atoms with Crippen LogP contribution in [0.1, 0.15) is 15.9 Å². The third kappa shape index (κ3) is 4.77. The second-order valence-electron chi connectivity index (χ2n) is 7.81. The van der Waals surface area contributed by atoms with Crippen LogP contribution < -0.4 is 15.0 Å². The van der Waals surface area contributed by atoms with Gasteiger partial charge in [0.2, 0.25) is 10.0 Å². The molecule has 2 amide bonds. The molecule has 176 valence electrons. The fourth-order valence-corrected chi connectivity index (χ4v) is 4.54. The minimum absolute atomic E-state index is 0.0914. The fraction of sp³-hybridized carbons (Fsp3) is 0.167. The number of nitrogens with one attached hydrogen (secondary N) is 1. The molecule has 1 aliphatic heterocycles. The summed E-state index contributed by atoms with van der Waals surface area (Å²) in [5.74, 6) is -0.133. The summed E-state index contributed by atoms with van der Waals surface area (Å²) in [6.45, 7) is 0.166. The van der Waals surface area contributed by atoms with Crippen molar-refractivity contribution in [1.82, 2.24) is 4.31 Å². The lowest BCUT2D eigenvalue weighted by molar-refractivity contribution is -0.121. The number of carbonyl (C=O) groups is 2. The molecule has 0 saturated heterocycles. The first-order valence-corrected chi connectivity index (χ1v) is 12.1. The third-order valence-electron chi connectivity index (χ3n) is 5.34. The first-order chi connectivity index (χ1) is 16.2. The maximum absolute atomic E-state index is 12.8. The second kappa shape index (κ2) is 9.46. The smallest absolute Gasteiger partial charge is 0.265 e. The van der Waals surface area contributed by atoms with Gasteiger partial charge in [0.15, 0.2) is 6.61 Å². The Morgan fingerprint density at radius 3 is 2.47 bits per heavy atom. The highest BCUT2D eigenvalue weighted by Crippen LogP contribution is 2.36. The van der Waals surface area contributed by atoms with Crippen LogP contribution in [0, 0.1) is 0 Å². The van der Waals surface area contributed by atoms with Crippen LogP contribution in [0.3, 0.4) is 0 Å². The molecule has 1 N–H and O–H groups in total. The van der Waals surface area contributed by atoms with Crippen molar-refractivity contribution < 1.29 is 22.7 Å². The number of anilines is 2. The van der Waals surface area contributed by atoms with Crippen LogP contribution in [0.4, 0.5) is 11.4 Å². The highest BCUT2D eigenvalue weighted by molar-refractivity contribution is 7.89. The lowest BCUT2D eigenvalue weighted by atomic mass is 10.1. The standard InChI is InChI=1S/C24H22ClN3O5S/c1-27(2)34(31,32)19-10-7-16(8-11-19)24(30)26-18-9-12-22-21(13-18)28(23(29)15-33-22)14-17-5-3-4-6-20(17)25/h3-13H,14-15H2,1-2H3,(H,26,30). The summed E-state index contributed by atoms with van der Waals surface area (Å²) >= 11 is 6.28. The first kappa shape index (κ1) is 23.7. The zero-order chi connectivity index (χ0) is 24.5. The Hall–Kier alpha value is -3.40. The average molecular weight is 500 g/mol. The molecule has 0 saturated carbocycles. The van der Waals surface area contributed by atoms with E-state index in [1.165, 1.54) is 38.4 Å². The Labute approximate surface area is 202 Å². The quantitative estimate of drug-likeness (QED) is 0.557. The van der Waals surface area contributed by atoms with Gasteiger partial charge in [-0.05, 0) is 54.1 Å². The summed E-state index contributed by atoms with van der Waals surface area (Å²) in [6, 6.07) is 17.9. The largest absolute Gasteiger partial charge is 0.482 e. The number of hydrogen-bond donors (Lipinski definition) is 1. The first-order valence-electron chi connectivity index (χ1n) is 10.3. The van der Waals surface area contributed by atoms with Gasteiger partial charge in [0.1, 0.15) is 5.75 Å². The van der Waals surface area contributed by atoms with Crippen molar-refractivity contribution in [3.8, 4) is 5.75 Å². The Morgan fingerprint density at radius 2 is 1.79 bits per heavy atom. The number of sulfonamides is 1. The molecule has 8 nitrogen and oxygen atoms in total. The summed E-state index contributed by atoms with van der Waals surface area (Å²) in [5, 5.41) is 3.33. The average Bonchev–Trinajstić information content (AvgIpc) is 2.82. The van der Waals surface area contributed by atoms with E-state index in [1.54, 1.807) is 29.2 Å². The van der Waals surface area contributed by atoms with E-state index >= 15 is 0 Å². The van der Waals surface area contributed by atoms with Crippen LogP contribution in [0.2, 0.25) is 5.02 Å². The lowest BCUT2D eigenvalue weighted by Crippen LogP contribution is -2.38. The number of carbonyl (C=O) groups excluding carboxylic acids is 2. The molecular weight excluding hydrogens is 478 g/mol. The monoisotopic (exact) mass is 499 g/mol. The minimum Gasteiger partial charge on any atom is -0.482 e. The van der Waals surface area contributed by atoms with E-state index in [-0.39, 0.29) is 29.5 Å². The molecule has 0 spiro atoms. The van der Waals surface area contributed by atoms with Gasteiger partial charge in [-0.15, -0.1) is 0 Å². The predicted molar refractivity (Wildman–Crippen MR) is 130 cm³/mol. The minimum atomic E-state index is -3.59. The molecule has 0 radical (unpaired) electrons. The van der Waals surface area contributed by atoms with E-state index in [2.05, 4.69) is 5.32 Å². The topological polar surface area (TPSA) is 96.0 Å². The molecule has 34 heavy (non-hydrogen) atoms. The van der Waals surface area contributed by atoms with Crippen molar-refractivity contribution in [1.29, 1.82) is 0 Å². The number of rotatable bonds is 6. The highest BCUT2D eigenvalue weighted by Gasteiger charge is 2.27. The Balaban J connectivity index is 1.56. The van der Waals surface area contributed by atoms with Crippen LogP contribution in [0.5, 0.6) is 5.75 Å². The molecule has 1 heterocycles. The van der Waals surface area contributed by atoms with Gasteiger partial charge in [-0.2, -0.15) is 0 Å². The van der Waals surface area contributed by atoms with Crippen molar-refractivity contribution >= 4 is 44.8 Å². The Kier molecular flexibility index (Phi) is 6.60. The molecule has 0 atom stereocenters. The van der Waals surface area contributed by atoms with Crippen LogP contribution in [0.25, 0.3) is 0 Å². The second-order valence-corrected chi connectivity index (χ2v) is 10.4. The highest BCUT2D eigenvalue weighted by atomic mass is 35.5. The number of fused-ring (bicyclic) bond motifs is 1. The van der Waals surface area contributed by atoms with Crippen LogP contribution in [-0.2, 0) is 21.4 Å². The van der Waals surface area contributed by atoms with Crippen molar-refractivity contribution in [3.05, 3.63) is 82.9 Å². The van der Waals surface area contributed by atoms with Gasteiger partial charge < -0.3 is 15.0 Å². The van der Waals surface area contributed by atoms with E-state index in [9.17, 15) is 18.0 Å². The van der Waals surface area contributed by atoms with Crippen LogP contribution >= 0.6 is 11.6 Å². The molecular formula is C24H22ClN3O5S. The van der Waals surface area contributed by atoms with Crippen molar-refractivity contribution in [2.45, 2.75) is 11.4 Å². The molecule has 1 aliphatic rings. The zero-order valence-corrected chi connectivity index (χ0v) is 20.1. The summed E-state index contributed by atoms with van der Waals surface area (Å²) < 4.78 is 31.1. The molecule has 10 heteroatoms. The van der Waals surface area contributed by atoms with E-state index in [0.29, 0.717) is 22.1 Å². The van der Waals surface area contributed by atoms with Gasteiger partial charge >= 0.3 is 0 Å². The van der Waals surface area contributed by atoms with Crippen LogP contribution in [-0.4, -0.2) is 45.2 Å². The molecule has 0 aromatic heterocycles. The van der Waals surface area contributed by atoms with Crippen LogP contribution in [0.15, 0.2) is 71.6 Å². The van der Waals surface area contributed by atoms with Gasteiger partial charge in [0.05, 0.1) is 17.1 Å². The fourth-order valence-electron chi connectivity index (χ4n) is 3.44. The number of nitrogens with zero attached hydrogens (tertiary/aromatic N) is 2. The van der Waals surface area contributed by atoms with Crippen molar-refractivity contribution in [3.63, 3.8) is 0 Å². The van der Waals surface area contributed by atoms with E-state index in [4.69, 9.17) is 16.3 Å². The number of ether oxygens (including phenoxy) is 1. The molecule has 0 aliphatic carbocycles. The van der Waals surface area contributed by atoms with Gasteiger partial charge in [-0.3, -0.25) is 9.59 Å². The Morgan fingerprint density at radius 1 is 1.09 bits per heavy atom. The SMILES string of the molecule is CN(C)S(=O)(=O)c1ccc(C(=O)Nc2ccc3c(c2)N(Cc2ccccc2Cl)C(=O)CO3)cc1. The van der Waals surface area contributed by atoms with E-state index < -0.39 is 15.9 Å². The maximum Gasteiger partial charge on any atom is 0.265 e. The lowest BCUT2D eigenvalue weighted by Gasteiger charge is -2.30. The van der Waals surface area contributed by atoms with Crippen molar-refractivity contribution in [2.75, 3.05) is 30.9 Å². The molecule has 0 fully saturated rings. The van der Waals surface area contributed by atoms with E-state index in [1.807, 2.05) is 18.2 Å². The molecule has 3 aromatic rings. The molecule has 4 rings (SSSR count). The number of halogens is 1. The summed E-state index contributed by atoms with van der Waals surface area (Å²) in [5.41, 5.74) is 2.04. The Bertz CT molecular complexity index is 1360.